The second-order valence-electron chi connectivity index (χ2n) is 18.8. The van der Waals surface area contributed by atoms with E-state index < -0.39 is 0 Å². The summed E-state index contributed by atoms with van der Waals surface area (Å²) in [6.45, 7) is 29.4. The van der Waals surface area contributed by atoms with Crippen molar-refractivity contribution < 1.29 is 4.84 Å². The van der Waals surface area contributed by atoms with Crippen molar-refractivity contribution in [2.24, 2.45) is 11.0 Å². The van der Waals surface area contributed by atoms with Crippen molar-refractivity contribution in [1.29, 1.82) is 5.26 Å². The van der Waals surface area contributed by atoms with Crippen LogP contribution in [0.1, 0.15) is 140 Å². The number of hydrogen-bond donors (Lipinski definition) is 0. The normalized spacial score (nSPS) is 11.1. The van der Waals surface area contributed by atoms with Gasteiger partial charge < -0.3 is 23.1 Å². The highest BCUT2D eigenvalue weighted by Gasteiger charge is 2.22. The van der Waals surface area contributed by atoms with Gasteiger partial charge in [-0.05, 0) is 89.3 Å². The maximum absolute atomic E-state index is 8.79. The molecule has 0 fully saturated rings. The summed E-state index contributed by atoms with van der Waals surface area (Å²) < 4.78 is 7.85. The minimum absolute atomic E-state index is 0. The van der Waals surface area contributed by atoms with Crippen molar-refractivity contribution in [1.82, 2.24) is 93.2 Å². The molecule has 9 aromatic heterocycles. The Hall–Kier alpha value is -8.58. The molecule has 0 aliphatic carbocycles. The van der Waals surface area contributed by atoms with Crippen LogP contribution in [0.15, 0.2) is 80.0 Å². The zero-order chi connectivity index (χ0) is 51.6. The van der Waals surface area contributed by atoms with E-state index in [1.54, 1.807) is 25.3 Å². The van der Waals surface area contributed by atoms with Crippen LogP contribution in [0.25, 0.3) is 66.1 Å². The van der Waals surface area contributed by atoms with E-state index in [9.17, 15) is 0 Å². The Morgan fingerprint density at radius 3 is 1.56 bits per heavy atom. The summed E-state index contributed by atoms with van der Waals surface area (Å²) in [5.41, 5.74) is 16.9. The Balaban J connectivity index is 0.000000176. The number of rotatable bonds is 7. The van der Waals surface area contributed by atoms with E-state index in [2.05, 4.69) is 154 Å². The third-order valence-corrected chi connectivity index (χ3v) is 10.1. The van der Waals surface area contributed by atoms with E-state index in [1.165, 1.54) is 23.8 Å². The quantitative estimate of drug-likeness (QED) is 0.0814. The van der Waals surface area contributed by atoms with E-state index in [1.807, 2.05) is 78.1 Å². The largest absolute Gasteiger partial charge is 0.333 e. The summed E-state index contributed by atoms with van der Waals surface area (Å²) in [5, 5.41) is 20.3. The Kier molecular flexibility index (Phi) is 18.0. The van der Waals surface area contributed by atoms with Crippen molar-refractivity contribution in [3.63, 3.8) is 0 Å². The number of azide groups is 1. The van der Waals surface area contributed by atoms with Crippen LogP contribution >= 0.6 is 0 Å². The predicted octanol–water partition coefficient (Wildman–Crippen LogP) is 10.6. The number of para-hydroxylation sites is 1. The monoisotopic (exact) mass is 978 g/mol. The summed E-state index contributed by atoms with van der Waals surface area (Å²) >= 11 is 0. The van der Waals surface area contributed by atoms with Gasteiger partial charge in [0.15, 0.2) is 39.6 Å². The van der Waals surface area contributed by atoms with Crippen LogP contribution in [0.4, 0.5) is 5.82 Å². The third kappa shape index (κ3) is 12.4. The lowest BCUT2D eigenvalue weighted by Crippen LogP contribution is -2.14. The molecular formula is C48H63N23O. The first-order chi connectivity index (χ1) is 33.9. The summed E-state index contributed by atoms with van der Waals surface area (Å²) in [5.74, 6) is 1.45. The molecule has 0 aliphatic rings. The van der Waals surface area contributed by atoms with Crippen LogP contribution in [0, 0.1) is 17.2 Å². The van der Waals surface area contributed by atoms with Crippen molar-refractivity contribution in [2.75, 3.05) is 0 Å². The molecule has 24 heteroatoms. The van der Waals surface area contributed by atoms with Gasteiger partial charge >= 0.3 is 0 Å². The van der Waals surface area contributed by atoms with Crippen molar-refractivity contribution in [3.8, 4) is 11.9 Å². The predicted molar refractivity (Wildman–Crippen MR) is 276 cm³/mol. The number of imidazole rings is 4. The Bertz CT molecular complexity index is 3440. The van der Waals surface area contributed by atoms with E-state index >= 15 is 0 Å². The highest BCUT2D eigenvalue weighted by atomic mass is 16.7. The number of benzene rings is 1. The average molecular weight is 978 g/mol. The summed E-state index contributed by atoms with van der Waals surface area (Å²) in [4.78, 5) is 59.9. The molecule has 72 heavy (non-hydrogen) atoms. The number of fused-ring (bicyclic) bond motifs is 5. The molecule has 0 N–H and O–H groups in total. The first kappa shape index (κ1) is 54.4. The number of hydrogen-bond acceptors (Lipinski definition) is 17. The number of nitrogens with zero attached hydrogens (tertiary/aromatic N) is 23. The molecule has 9 heterocycles. The van der Waals surface area contributed by atoms with Gasteiger partial charge in [0.1, 0.15) is 59.0 Å². The highest BCUT2D eigenvalue weighted by Crippen LogP contribution is 2.28. The van der Waals surface area contributed by atoms with E-state index in [-0.39, 0.29) is 36.8 Å². The third-order valence-electron chi connectivity index (χ3n) is 10.1. The SMILES string of the molecule is C.CC(C)C.CC(C)n1cnc2c(C#N)ncnc21.CC(C)n1cnc2c(C(C)(C)C)ncnc21.CC(C)n1cnc2c(N=[N+]=[N-])ncnc21.CC(C)n1cnc2c(On3nnc4ccccc43)ncnc21. The van der Waals surface area contributed by atoms with Crippen LogP contribution in [-0.4, -0.2) is 93.2 Å². The first-order valence-corrected chi connectivity index (χ1v) is 23.0. The maximum atomic E-state index is 8.79. The topological polar surface area (TPSA) is 287 Å². The van der Waals surface area contributed by atoms with Gasteiger partial charge in [0.05, 0.1) is 31.0 Å². The maximum Gasteiger partial charge on any atom is 0.280 e. The highest BCUT2D eigenvalue weighted by molar-refractivity contribution is 5.81. The van der Waals surface area contributed by atoms with Gasteiger partial charge in [-0.3, -0.25) is 0 Å². The number of aromatic nitrogens is 19. The van der Waals surface area contributed by atoms with Crippen molar-refractivity contribution in [2.45, 2.75) is 134 Å². The van der Waals surface area contributed by atoms with Crippen LogP contribution in [0.2, 0.25) is 0 Å². The summed E-state index contributed by atoms with van der Waals surface area (Å²) in [6, 6.07) is 10.7. The number of nitriles is 1. The van der Waals surface area contributed by atoms with Crippen LogP contribution < -0.4 is 4.84 Å². The van der Waals surface area contributed by atoms with Crippen LogP contribution in [-0.2, 0) is 5.41 Å². The minimum atomic E-state index is -0.00263. The van der Waals surface area contributed by atoms with E-state index in [0.717, 1.165) is 39.5 Å². The van der Waals surface area contributed by atoms with Gasteiger partial charge in [0.25, 0.3) is 5.88 Å². The standard InChI is InChI=1S/C14H13N7O.C12H18N4.C9H9N5.C8H9N7.C4H10.CH4/c1-9(2)20-8-17-12-13(20)15-7-16-14(12)22-21-11-6-4-3-5-10(11)18-19-21;1-8(2)16-7-15-9-10(12(3,4)5)13-6-14-11(9)16;1-6(2)14-5-13-8-7(3-10)11-4-12-9(8)14;1-5(2)15-4-12-6-7(13-14-9)10-3-11-8(6)15;1-4(2)3;/h3-9H,1-2H3;6-8H,1-5H3;4-6H,1-2H3;3-5H,1-2H3;4H,1-3H3;1H4. The van der Waals surface area contributed by atoms with Crippen molar-refractivity contribution >= 4 is 61.5 Å². The molecule has 1 aromatic carbocycles. The Labute approximate surface area is 417 Å². The average Bonchev–Trinajstić information content (AvgIpc) is 4.18. The lowest BCUT2D eigenvalue weighted by molar-refractivity contribution is 0.178. The molecule has 0 atom stereocenters. The molecule has 0 aliphatic heterocycles. The zero-order valence-electron chi connectivity index (χ0n) is 42.5. The molecule has 0 bridgehead atoms. The second-order valence-corrected chi connectivity index (χ2v) is 18.8. The fraction of sp³-hybridized carbons (Fsp3) is 0.438. The van der Waals surface area contributed by atoms with E-state index in [4.69, 9.17) is 15.6 Å². The lowest BCUT2D eigenvalue weighted by atomic mass is 9.91. The molecular weight excluding hydrogens is 915 g/mol. The van der Waals surface area contributed by atoms with Gasteiger partial charge in [-0.1, -0.05) is 65.9 Å². The molecule has 0 unspecified atom stereocenters. The molecule has 0 saturated carbocycles. The molecule has 10 aromatic rings. The van der Waals surface area contributed by atoms with Gasteiger partial charge in [-0.2, -0.15) is 10.2 Å². The van der Waals surface area contributed by atoms with Gasteiger partial charge in [0.2, 0.25) is 0 Å². The van der Waals surface area contributed by atoms with E-state index in [0.29, 0.717) is 45.5 Å². The molecule has 10 rings (SSSR count). The smallest absolute Gasteiger partial charge is 0.280 e. The Morgan fingerprint density at radius 2 is 1.03 bits per heavy atom. The molecule has 376 valence electrons. The van der Waals surface area contributed by atoms with Gasteiger partial charge in [-0.25, -0.2) is 54.8 Å². The fourth-order valence-corrected chi connectivity index (χ4v) is 6.70. The minimum Gasteiger partial charge on any atom is -0.333 e. The lowest BCUT2D eigenvalue weighted by Gasteiger charge is -2.17. The van der Waals surface area contributed by atoms with Crippen LogP contribution in [0.3, 0.4) is 0 Å². The molecule has 0 spiro atoms. The molecule has 0 amide bonds. The van der Waals surface area contributed by atoms with Gasteiger partial charge in [0, 0.05) is 34.5 Å². The molecule has 0 radical (unpaired) electrons. The second kappa shape index (κ2) is 23.8. The zero-order valence-corrected chi connectivity index (χ0v) is 42.5. The fourth-order valence-electron chi connectivity index (χ4n) is 6.70. The Morgan fingerprint density at radius 1 is 0.583 bits per heavy atom. The molecule has 0 saturated heterocycles. The van der Waals surface area contributed by atoms with Crippen LogP contribution in [0.5, 0.6) is 5.88 Å². The first-order valence-electron chi connectivity index (χ1n) is 23.0. The molecule has 24 nitrogen and oxygen atoms in total. The van der Waals surface area contributed by atoms with Gasteiger partial charge in [-0.15, -0.1) is 5.10 Å². The summed E-state index contributed by atoms with van der Waals surface area (Å²) in [7, 11) is 0. The summed E-state index contributed by atoms with van der Waals surface area (Å²) in [6.07, 6.45) is 12.8. The van der Waals surface area contributed by atoms with Crippen molar-refractivity contribution in [3.05, 3.63) is 96.7 Å².